The van der Waals surface area contributed by atoms with Gasteiger partial charge in [0.2, 0.25) is 5.91 Å². The van der Waals surface area contributed by atoms with Crippen molar-refractivity contribution in [1.29, 1.82) is 0 Å². The Morgan fingerprint density at radius 3 is 2.57 bits per heavy atom. The van der Waals surface area contributed by atoms with E-state index in [1.165, 1.54) is 11.8 Å². The molecule has 2 aromatic carbocycles. The molecular formula is C21H23N3O3S. The molecule has 0 fully saturated rings. The first-order chi connectivity index (χ1) is 13.6. The summed E-state index contributed by atoms with van der Waals surface area (Å²) < 4.78 is 12.4. The standard InChI is InChI=1S/C21H23N3O3S/c1-24-19(16-7-9-17(26-2)10-8-16)13-23-21(24)28-14-20(25)22-12-15-5-4-6-18(11-15)27-3/h4-11,13H,12,14H2,1-3H3,(H,22,25). The zero-order chi connectivity index (χ0) is 19.9. The number of hydrogen-bond acceptors (Lipinski definition) is 5. The van der Waals surface area contributed by atoms with E-state index in [0.29, 0.717) is 12.3 Å². The third-order valence-corrected chi connectivity index (χ3v) is 5.33. The maximum Gasteiger partial charge on any atom is 0.230 e. The van der Waals surface area contributed by atoms with Crippen LogP contribution in [0.1, 0.15) is 5.56 Å². The number of thioether (sulfide) groups is 1. The summed E-state index contributed by atoms with van der Waals surface area (Å²) >= 11 is 1.41. The lowest BCUT2D eigenvalue weighted by Crippen LogP contribution is -2.24. The summed E-state index contributed by atoms with van der Waals surface area (Å²) in [6.45, 7) is 0.467. The maximum absolute atomic E-state index is 12.2. The number of rotatable bonds is 8. The molecule has 0 aliphatic heterocycles. The Bertz CT molecular complexity index is 938. The fraction of sp³-hybridized carbons (Fsp3) is 0.238. The van der Waals surface area contributed by atoms with Crippen molar-refractivity contribution >= 4 is 17.7 Å². The van der Waals surface area contributed by atoms with Crippen LogP contribution in [0.2, 0.25) is 0 Å². The van der Waals surface area contributed by atoms with E-state index in [1.807, 2.05) is 66.3 Å². The topological polar surface area (TPSA) is 65.4 Å². The summed E-state index contributed by atoms with van der Waals surface area (Å²) in [4.78, 5) is 16.6. The second kappa shape index (κ2) is 9.32. The van der Waals surface area contributed by atoms with Crippen LogP contribution in [-0.2, 0) is 18.4 Å². The van der Waals surface area contributed by atoms with Crippen molar-refractivity contribution in [2.75, 3.05) is 20.0 Å². The number of carbonyl (C=O) groups excluding carboxylic acids is 1. The molecular weight excluding hydrogens is 374 g/mol. The molecule has 28 heavy (non-hydrogen) atoms. The zero-order valence-corrected chi connectivity index (χ0v) is 17.0. The number of nitrogens with one attached hydrogen (secondary N) is 1. The second-order valence-corrected chi connectivity index (χ2v) is 7.07. The molecule has 1 N–H and O–H groups in total. The van der Waals surface area contributed by atoms with Gasteiger partial charge >= 0.3 is 0 Å². The number of methoxy groups -OCH3 is 2. The van der Waals surface area contributed by atoms with Gasteiger partial charge < -0.3 is 19.4 Å². The molecule has 1 aromatic heterocycles. The number of nitrogens with zero attached hydrogens (tertiary/aromatic N) is 2. The highest BCUT2D eigenvalue weighted by Crippen LogP contribution is 2.26. The molecule has 7 heteroatoms. The van der Waals surface area contributed by atoms with E-state index in [1.54, 1.807) is 14.2 Å². The summed E-state index contributed by atoms with van der Waals surface area (Å²) in [5.74, 6) is 1.85. The fourth-order valence-corrected chi connectivity index (χ4v) is 3.50. The molecule has 0 saturated heterocycles. The monoisotopic (exact) mass is 397 g/mol. The number of aromatic nitrogens is 2. The lowest BCUT2D eigenvalue weighted by atomic mass is 10.1. The highest BCUT2D eigenvalue weighted by Gasteiger charge is 2.11. The highest BCUT2D eigenvalue weighted by molar-refractivity contribution is 7.99. The zero-order valence-electron chi connectivity index (χ0n) is 16.1. The minimum Gasteiger partial charge on any atom is -0.497 e. The minimum atomic E-state index is -0.0400. The summed E-state index contributed by atoms with van der Waals surface area (Å²) in [6, 6.07) is 15.5. The van der Waals surface area contributed by atoms with Crippen LogP contribution in [0, 0.1) is 0 Å². The smallest absolute Gasteiger partial charge is 0.230 e. The SMILES string of the molecule is COc1ccc(-c2cnc(SCC(=O)NCc3cccc(OC)c3)n2C)cc1. The van der Waals surface area contributed by atoms with E-state index >= 15 is 0 Å². The van der Waals surface area contributed by atoms with Crippen molar-refractivity contribution in [2.24, 2.45) is 7.05 Å². The Hall–Kier alpha value is -2.93. The van der Waals surface area contributed by atoms with Gasteiger partial charge in [0.05, 0.1) is 31.9 Å². The van der Waals surface area contributed by atoms with Gasteiger partial charge in [-0.3, -0.25) is 4.79 Å². The molecule has 6 nitrogen and oxygen atoms in total. The molecule has 3 aromatic rings. The first kappa shape index (κ1) is 19.8. The van der Waals surface area contributed by atoms with Gasteiger partial charge in [0.1, 0.15) is 11.5 Å². The Kier molecular flexibility index (Phi) is 6.60. The van der Waals surface area contributed by atoms with Crippen LogP contribution in [0.3, 0.4) is 0 Å². The average molecular weight is 398 g/mol. The van der Waals surface area contributed by atoms with E-state index < -0.39 is 0 Å². The van der Waals surface area contributed by atoms with E-state index in [9.17, 15) is 4.79 Å². The van der Waals surface area contributed by atoms with Gasteiger partial charge in [-0.25, -0.2) is 4.98 Å². The van der Waals surface area contributed by atoms with Gasteiger partial charge in [0.15, 0.2) is 5.16 Å². The summed E-state index contributed by atoms with van der Waals surface area (Å²) in [7, 11) is 5.22. The first-order valence-corrected chi connectivity index (χ1v) is 9.78. The van der Waals surface area contributed by atoms with Gasteiger partial charge in [-0.2, -0.15) is 0 Å². The predicted molar refractivity (Wildman–Crippen MR) is 111 cm³/mol. The van der Waals surface area contributed by atoms with E-state index in [4.69, 9.17) is 9.47 Å². The van der Waals surface area contributed by atoms with Crippen molar-refractivity contribution in [3.05, 3.63) is 60.3 Å². The van der Waals surface area contributed by atoms with Crippen LogP contribution < -0.4 is 14.8 Å². The molecule has 0 atom stereocenters. The number of hydrogen-bond donors (Lipinski definition) is 1. The van der Waals surface area contributed by atoms with Crippen LogP contribution in [-0.4, -0.2) is 35.4 Å². The van der Waals surface area contributed by atoms with Crippen LogP contribution in [0.5, 0.6) is 11.5 Å². The molecule has 146 valence electrons. The van der Waals surface area contributed by atoms with Gasteiger partial charge in [-0.1, -0.05) is 23.9 Å². The summed E-state index contributed by atoms with van der Waals surface area (Å²) in [5.41, 5.74) is 3.03. The van der Waals surface area contributed by atoms with Crippen molar-refractivity contribution in [3.8, 4) is 22.8 Å². The number of ether oxygens (including phenoxy) is 2. The number of amides is 1. The molecule has 0 unspecified atom stereocenters. The Morgan fingerprint density at radius 2 is 1.86 bits per heavy atom. The normalized spacial score (nSPS) is 10.5. The van der Waals surface area contributed by atoms with Crippen LogP contribution in [0.15, 0.2) is 59.9 Å². The predicted octanol–water partition coefficient (Wildman–Crippen LogP) is 3.51. The molecule has 0 spiro atoms. The highest BCUT2D eigenvalue weighted by atomic mass is 32.2. The Balaban J connectivity index is 1.55. The largest absolute Gasteiger partial charge is 0.497 e. The maximum atomic E-state index is 12.2. The second-order valence-electron chi connectivity index (χ2n) is 6.13. The van der Waals surface area contributed by atoms with E-state index in [-0.39, 0.29) is 5.91 Å². The van der Waals surface area contributed by atoms with Crippen molar-refractivity contribution in [3.63, 3.8) is 0 Å². The lowest BCUT2D eigenvalue weighted by Gasteiger charge is -2.08. The lowest BCUT2D eigenvalue weighted by molar-refractivity contribution is -0.118. The molecule has 0 bridgehead atoms. The number of benzene rings is 2. The Labute approximate surface area is 168 Å². The minimum absolute atomic E-state index is 0.0400. The summed E-state index contributed by atoms with van der Waals surface area (Å²) in [6.07, 6.45) is 1.82. The molecule has 1 amide bonds. The van der Waals surface area contributed by atoms with Gasteiger partial charge in [0.25, 0.3) is 0 Å². The summed E-state index contributed by atoms with van der Waals surface area (Å²) in [5, 5.41) is 3.72. The third-order valence-electron chi connectivity index (χ3n) is 4.29. The fourth-order valence-electron chi connectivity index (χ4n) is 2.72. The van der Waals surface area contributed by atoms with Crippen LogP contribution in [0.25, 0.3) is 11.3 Å². The Morgan fingerprint density at radius 1 is 1.11 bits per heavy atom. The molecule has 0 saturated carbocycles. The third kappa shape index (κ3) is 4.86. The first-order valence-electron chi connectivity index (χ1n) is 8.79. The molecule has 3 rings (SSSR count). The molecule has 1 heterocycles. The van der Waals surface area contributed by atoms with E-state index in [0.717, 1.165) is 33.5 Å². The van der Waals surface area contributed by atoms with Crippen molar-refractivity contribution < 1.29 is 14.3 Å². The van der Waals surface area contributed by atoms with Crippen LogP contribution in [0.4, 0.5) is 0 Å². The quantitative estimate of drug-likeness (QED) is 0.589. The molecule has 0 aliphatic rings. The number of carbonyl (C=O) groups is 1. The van der Waals surface area contributed by atoms with Gasteiger partial charge in [0, 0.05) is 19.2 Å². The van der Waals surface area contributed by atoms with Crippen molar-refractivity contribution in [2.45, 2.75) is 11.7 Å². The molecule has 0 aliphatic carbocycles. The van der Waals surface area contributed by atoms with Gasteiger partial charge in [-0.15, -0.1) is 0 Å². The van der Waals surface area contributed by atoms with Crippen LogP contribution >= 0.6 is 11.8 Å². The van der Waals surface area contributed by atoms with Crippen molar-refractivity contribution in [1.82, 2.24) is 14.9 Å². The number of imidazole rings is 1. The molecule has 0 radical (unpaired) electrons. The average Bonchev–Trinajstić information content (AvgIpc) is 3.11. The van der Waals surface area contributed by atoms with E-state index in [2.05, 4.69) is 10.3 Å². The van der Waals surface area contributed by atoms with Gasteiger partial charge in [-0.05, 0) is 42.0 Å².